The molecular weight excluding hydrogens is 303 g/mol. The van der Waals surface area contributed by atoms with Crippen LogP contribution in [0.1, 0.15) is 37.4 Å². The van der Waals surface area contributed by atoms with Crippen molar-refractivity contribution in [3.8, 4) is 5.88 Å². The van der Waals surface area contributed by atoms with Crippen LogP contribution in [0.3, 0.4) is 0 Å². The Bertz CT molecular complexity index is 660. The van der Waals surface area contributed by atoms with Gasteiger partial charge < -0.3 is 9.64 Å². The zero-order valence-electron chi connectivity index (χ0n) is 12.1. The minimum atomic E-state index is -0.411. The standard InChI is InChI=1S/C15H17FN4OS/c16-12-4-1-7-17-14(12)21-11-3-2-8-20(9-11)15-18-13(19-22-15)10-5-6-10/h1,4,7,10-11H,2-3,5-6,8-9H2/t11-/m0/s1. The van der Waals surface area contributed by atoms with Gasteiger partial charge in [-0.25, -0.2) is 14.4 Å². The normalized spacial score (nSPS) is 21.9. The Balaban J connectivity index is 1.43. The molecule has 1 saturated heterocycles. The average Bonchev–Trinajstić information content (AvgIpc) is 3.27. The molecule has 1 aliphatic carbocycles. The first-order valence-electron chi connectivity index (χ1n) is 7.65. The maximum atomic E-state index is 13.6. The van der Waals surface area contributed by atoms with E-state index in [9.17, 15) is 4.39 Å². The van der Waals surface area contributed by atoms with E-state index in [1.165, 1.54) is 30.4 Å². The van der Waals surface area contributed by atoms with E-state index in [1.807, 2.05) is 0 Å². The largest absolute Gasteiger partial charge is 0.470 e. The Morgan fingerprint density at radius 1 is 1.32 bits per heavy atom. The summed E-state index contributed by atoms with van der Waals surface area (Å²) >= 11 is 1.46. The van der Waals surface area contributed by atoms with Gasteiger partial charge in [-0.2, -0.15) is 4.37 Å². The number of hydrogen-bond acceptors (Lipinski definition) is 6. The van der Waals surface area contributed by atoms with Crippen LogP contribution in [0.4, 0.5) is 9.52 Å². The zero-order chi connectivity index (χ0) is 14.9. The fraction of sp³-hybridized carbons (Fsp3) is 0.533. The monoisotopic (exact) mass is 320 g/mol. The quantitative estimate of drug-likeness (QED) is 0.867. The summed E-state index contributed by atoms with van der Waals surface area (Å²) in [5.74, 6) is 1.24. The van der Waals surface area contributed by atoms with Crippen LogP contribution in [-0.4, -0.2) is 33.5 Å². The van der Waals surface area contributed by atoms with E-state index in [0.29, 0.717) is 12.5 Å². The summed E-state index contributed by atoms with van der Waals surface area (Å²) in [5.41, 5.74) is 0. The van der Waals surface area contributed by atoms with E-state index in [-0.39, 0.29) is 12.0 Å². The molecule has 3 heterocycles. The second kappa shape index (κ2) is 5.79. The molecule has 0 amide bonds. The first kappa shape index (κ1) is 13.9. The Labute approximate surface area is 132 Å². The highest BCUT2D eigenvalue weighted by Gasteiger charge is 2.30. The lowest BCUT2D eigenvalue weighted by molar-refractivity contribution is 0.164. The van der Waals surface area contributed by atoms with E-state index < -0.39 is 5.82 Å². The highest BCUT2D eigenvalue weighted by molar-refractivity contribution is 7.09. The van der Waals surface area contributed by atoms with Gasteiger partial charge >= 0.3 is 0 Å². The van der Waals surface area contributed by atoms with Crippen LogP contribution in [0.5, 0.6) is 5.88 Å². The minimum Gasteiger partial charge on any atom is -0.470 e. The molecule has 2 aliphatic rings. The molecule has 116 valence electrons. The van der Waals surface area contributed by atoms with Gasteiger partial charge in [0.2, 0.25) is 5.13 Å². The number of rotatable bonds is 4. The minimum absolute atomic E-state index is 0.0635. The molecule has 4 rings (SSSR count). The summed E-state index contributed by atoms with van der Waals surface area (Å²) in [6.45, 7) is 1.65. The maximum absolute atomic E-state index is 13.6. The third kappa shape index (κ3) is 2.90. The van der Waals surface area contributed by atoms with Crippen molar-refractivity contribution in [3.63, 3.8) is 0 Å². The number of piperidine rings is 1. The Kier molecular flexibility index (Phi) is 3.65. The van der Waals surface area contributed by atoms with Crippen molar-refractivity contribution < 1.29 is 9.13 Å². The van der Waals surface area contributed by atoms with Crippen molar-refractivity contribution in [2.24, 2.45) is 0 Å². The molecule has 2 fully saturated rings. The Morgan fingerprint density at radius 3 is 3.05 bits per heavy atom. The number of aromatic nitrogens is 3. The van der Waals surface area contributed by atoms with Crippen molar-refractivity contribution in [2.75, 3.05) is 18.0 Å². The van der Waals surface area contributed by atoms with Crippen LogP contribution in [0.2, 0.25) is 0 Å². The third-order valence-corrected chi connectivity index (χ3v) is 4.82. The van der Waals surface area contributed by atoms with Gasteiger partial charge in [0.25, 0.3) is 5.88 Å². The van der Waals surface area contributed by atoms with E-state index in [1.54, 1.807) is 12.3 Å². The molecule has 0 bridgehead atoms. The molecule has 22 heavy (non-hydrogen) atoms. The summed E-state index contributed by atoms with van der Waals surface area (Å²) in [7, 11) is 0. The first-order chi connectivity index (χ1) is 10.8. The Hall–Kier alpha value is -1.76. The van der Waals surface area contributed by atoms with E-state index in [4.69, 9.17) is 4.74 Å². The fourth-order valence-corrected chi connectivity index (χ4v) is 3.47. The number of ether oxygens (including phenoxy) is 1. The number of pyridine rings is 1. The summed E-state index contributed by atoms with van der Waals surface area (Å²) in [4.78, 5) is 10.8. The van der Waals surface area contributed by atoms with E-state index >= 15 is 0 Å². The zero-order valence-corrected chi connectivity index (χ0v) is 12.9. The molecule has 1 saturated carbocycles. The molecule has 5 nitrogen and oxygen atoms in total. The van der Waals surface area contributed by atoms with Gasteiger partial charge in [0, 0.05) is 30.2 Å². The van der Waals surface area contributed by atoms with Crippen LogP contribution >= 0.6 is 11.5 Å². The van der Waals surface area contributed by atoms with Gasteiger partial charge in [-0.15, -0.1) is 0 Å². The lowest BCUT2D eigenvalue weighted by Crippen LogP contribution is -2.41. The van der Waals surface area contributed by atoms with Gasteiger partial charge in [0.15, 0.2) is 5.82 Å². The summed E-state index contributed by atoms with van der Waals surface area (Å²) in [5, 5.41) is 0.955. The predicted molar refractivity (Wildman–Crippen MR) is 81.9 cm³/mol. The summed E-state index contributed by atoms with van der Waals surface area (Å²) in [6, 6.07) is 2.94. The van der Waals surface area contributed by atoms with E-state index in [0.717, 1.165) is 30.3 Å². The van der Waals surface area contributed by atoms with Crippen molar-refractivity contribution in [1.82, 2.24) is 14.3 Å². The second-order valence-corrected chi connectivity index (χ2v) is 6.56. The number of halogens is 1. The topological polar surface area (TPSA) is 51.1 Å². The first-order valence-corrected chi connectivity index (χ1v) is 8.42. The highest BCUT2D eigenvalue weighted by atomic mass is 32.1. The molecule has 1 atom stereocenters. The van der Waals surface area contributed by atoms with Crippen LogP contribution in [-0.2, 0) is 0 Å². The Morgan fingerprint density at radius 2 is 2.23 bits per heavy atom. The molecule has 0 unspecified atom stereocenters. The SMILES string of the molecule is Fc1cccnc1O[C@H]1CCCN(c2nc(C3CC3)ns2)C1. The number of hydrogen-bond donors (Lipinski definition) is 0. The smallest absolute Gasteiger partial charge is 0.250 e. The number of nitrogens with zero attached hydrogens (tertiary/aromatic N) is 4. The average molecular weight is 320 g/mol. The molecule has 1 aliphatic heterocycles. The van der Waals surface area contributed by atoms with E-state index in [2.05, 4.69) is 19.2 Å². The predicted octanol–water partition coefficient (Wildman–Crippen LogP) is 3.00. The molecule has 7 heteroatoms. The van der Waals surface area contributed by atoms with Crippen molar-refractivity contribution in [1.29, 1.82) is 0 Å². The van der Waals surface area contributed by atoms with Crippen molar-refractivity contribution >= 4 is 16.7 Å². The molecule has 2 aromatic rings. The maximum Gasteiger partial charge on any atom is 0.250 e. The fourth-order valence-electron chi connectivity index (χ4n) is 2.69. The third-order valence-electron chi connectivity index (χ3n) is 4.03. The molecule has 0 spiro atoms. The van der Waals surface area contributed by atoms with Crippen molar-refractivity contribution in [3.05, 3.63) is 30.0 Å². The van der Waals surface area contributed by atoms with Crippen LogP contribution in [0.15, 0.2) is 18.3 Å². The van der Waals surface area contributed by atoms with Crippen molar-refractivity contribution in [2.45, 2.75) is 37.7 Å². The lowest BCUT2D eigenvalue weighted by atomic mass is 10.1. The van der Waals surface area contributed by atoms with Crippen LogP contribution in [0, 0.1) is 5.82 Å². The van der Waals surface area contributed by atoms with Crippen LogP contribution in [0.25, 0.3) is 0 Å². The lowest BCUT2D eigenvalue weighted by Gasteiger charge is -2.32. The summed E-state index contributed by atoms with van der Waals surface area (Å²) in [6.07, 6.45) is 5.80. The van der Waals surface area contributed by atoms with Gasteiger partial charge in [0.1, 0.15) is 11.9 Å². The molecule has 0 N–H and O–H groups in total. The van der Waals surface area contributed by atoms with Gasteiger partial charge in [0.05, 0.1) is 6.54 Å². The van der Waals surface area contributed by atoms with Crippen LogP contribution < -0.4 is 9.64 Å². The number of anilines is 1. The highest BCUT2D eigenvalue weighted by Crippen LogP contribution is 2.40. The summed E-state index contributed by atoms with van der Waals surface area (Å²) < 4.78 is 23.8. The molecule has 2 aromatic heterocycles. The van der Waals surface area contributed by atoms with Gasteiger partial charge in [-0.1, -0.05) is 0 Å². The van der Waals surface area contributed by atoms with Gasteiger partial charge in [-0.05, 0) is 37.8 Å². The molecular formula is C15H17FN4OS. The molecule has 0 aromatic carbocycles. The second-order valence-electron chi connectivity index (χ2n) is 5.83. The molecule has 0 radical (unpaired) electrons. The van der Waals surface area contributed by atoms with Gasteiger partial charge in [-0.3, -0.25) is 0 Å².